The summed E-state index contributed by atoms with van der Waals surface area (Å²) in [6.07, 6.45) is 0. The van der Waals surface area contributed by atoms with Crippen molar-refractivity contribution in [3.63, 3.8) is 0 Å². The Bertz CT molecular complexity index is 371. The van der Waals surface area contributed by atoms with Gasteiger partial charge in [-0.1, -0.05) is 0 Å². The van der Waals surface area contributed by atoms with Gasteiger partial charge in [0.05, 0.1) is 8.66 Å². The predicted octanol–water partition coefficient (Wildman–Crippen LogP) is 2.56. The smallest absolute Gasteiger partial charge is 0.295 e. The zero-order valence-corrected chi connectivity index (χ0v) is 11.0. The number of hydrogen-bond donors (Lipinski definition) is 0. The van der Waals surface area contributed by atoms with E-state index in [1.165, 1.54) is 16.2 Å². The van der Waals surface area contributed by atoms with Crippen LogP contribution in [0.5, 0.6) is 0 Å². The molecule has 0 saturated carbocycles. The Morgan fingerprint density at radius 3 is 2.33 bits per heavy atom. The molecule has 0 radical (unpaired) electrons. The molecule has 0 aromatic carbocycles. The highest BCUT2D eigenvalue weighted by molar-refractivity contribution is 9.11. The van der Waals surface area contributed by atoms with Crippen LogP contribution in [0.2, 0.25) is 0 Å². The summed E-state index contributed by atoms with van der Waals surface area (Å²) in [5.41, 5.74) is 0. The second kappa shape index (κ2) is 5.42. The monoisotopic (exact) mass is 289 g/mol. The van der Waals surface area contributed by atoms with Gasteiger partial charge in [0.1, 0.15) is 0 Å². The highest BCUT2D eigenvalue weighted by Gasteiger charge is 2.22. The fourth-order valence-electron chi connectivity index (χ4n) is 1.20. The van der Waals surface area contributed by atoms with Crippen molar-refractivity contribution in [1.82, 2.24) is 4.90 Å². The lowest BCUT2D eigenvalue weighted by Crippen LogP contribution is -2.35. The van der Waals surface area contributed by atoms with Crippen molar-refractivity contribution in [2.24, 2.45) is 0 Å². The van der Waals surface area contributed by atoms with Gasteiger partial charge in [-0.15, -0.1) is 11.3 Å². The van der Waals surface area contributed by atoms with Gasteiger partial charge in [-0.05, 0) is 41.9 Å². The first-order valence-corrected chi connectivity index (χ1v) is 6.30. The topological polar surface area (TPSA) is 37.4 Å². The molecule has 0 aliphatic carbocycles. The van der Waals surface area contributed by atoms with Gasteiger partial charge >= 0.3 is 0 Å². The van der Waals surface area contributed by atoms with E-state index in [1.54, 1.807) is 12.1 Å². The zero-order chi connectivity index (χ0) is 11.4. The number of rotatable bonds is 4. The van der Waals surface area contributed by atoms with Gasteiger partial charge in [-0.2, -0.15) is 0 Å². The normalized spacial score (nSPS) is 10.1. The average molecular weight is 290 g/mol. The molecule has 1 heterocycles. The second-order valence-electron chi connectivity index (χ2n) is 2.91. The molecule has 0 fully saturated rings. The molecule has 0 unspecified atom stereocenters. The summed E-state index contributed by atoms with van der Waals surface area (Å²) in [6.45, 7) is 4.85. The van der Waals surface area contributed by atoms with Crippen LogP contribution >= 0.6 is 27.3 Å². The number of Topliss-reactive ketones (excluding diaryl/α,β-unsaturated/α-hetero) is 1. The zero-order valence-electron chi connectivity index (χ0n) is 8.62. The lowest BCUT2D eigenvalue weighted by molar-refractivity contribution is -0.126. The molecular formula is C10H12BrNO2S. The van der Waals surface area contributed by atoms with E-state index in [1.807, 2.05) is 13.8 Å². The summed E-state index contributed by atoms with van der Waals surface area (Å²) in [5.74, 6) is -0.844. The molecular weight excluding hydrogens is 278 g/mol. The van der Waals surface area contributed by atoms with Crippen LogP contribution in [0.3, 0.4) is 0 Å². The highest BCUT2D eigenvalue weighted by atomic mass is 79.9. The molecule has 0 aliphatic rings. The molecule has 1 aromatic rings. The first kappa shape index (κ1) is 12.4. The third kappa shape index (κ3) is 2.89. The molecule has 1 amide bonds. The number of ketones is 1. The van der Waals surface area contributed by atoms with Gasteiger partial charge in [-0.25, -0.2) is 0 Å². The summed E-state index contributed by atoms with van der Waals surface area (Å²) in [7, 11) is 0. The van der Waals surface area contributed by atoms with E-state index in [2.05, 4.69) is 15.9 Å². The first-order valence-electron chi connectivity index (χ1n) is 4.69. The maximum atomic E-state index is 11.7. The molecule has 82 valence electrons. The van der Waals surface area contributed by atoms with Crippen LogP contribution in [-0.2, 0) is 4.79 Å². The molecule has 0 bridgehead atoms. The molecule has 1 rings (SSSR count). The van der Waals surface area contributed by atoms with Crippen molar-refractivity contribution in [1.29, 1.82) is 0 Å². The Morgan fingerprint density at radius 1 is 1.33 bits per heavy atom. The molecule has 0 atom stereocenters. The van der Waals surface area contributed by atoms with E-state index < -0.39 is 11.7 Å². The summed E-state index contributed by atoms with van der Waals surface area (Å²) < 4.78 is 0.859. The minimum absolute atomic E-state index is 0.422. The number of halogens is 1. The van der Waals surface area contributed by atoms with Gasteiger partial charge in [0, 0.05) is 13.1 Å². The minimum atomic E-state index is -0.422. The fourth-order valence-corrected chi connectivity index (χ4v) is 2.51. The molecule has 0 saturated heterocycles. The highest BCUT2D eigenvalue weighted by Crippen LogP contribution is 2.22. The number of carbonyl (C=O) groups excluding carboxylic acids is 2. The van der Waals surface area contributed by atoms with E-state index in [0.717, 1.165) is 3.79 Å². The Labute approximate surface area is 101 Å². The van der Waals surface area contributed by atoms with Crippen LogP contribution in [0.4, 0.5) is 0 Å². The third-order valence-electron chi connectivity index (χ3n) is 2.04. The van der Waals surface area contributed by atoms with E-state index in [4.69, 9.17) is 0 Å². The summed E-state index contributed by atoms with van der Waals surface area (Å²) in [4.78, 5) is 25.4. The standard InChI is InChI=1S/C10H12BrNO2S/c1-3-12(4-2)10(14)9(13)7-5-6-8(11)15-7/h5-6H,3-4H2,1-2H3. The number of thiophene rings is 1. The van der Waals surface area contributed by atoms with Crippen LogP contribution < -0.4 is 0 Å². The first-order chi connectivity index (χ1) is 7.10. The van der Waals surface area contributed by atoms with Crippen LogP contribution in [0.15, 0.2) is 15.9 Å². The van der Waals surface area contributed by atoms with Crippen LogP contribution in [0, 0.1) is 0 Å². The maximum absolute atomic E-state index is 11.7. The van der Waals surface area contributed by atoms with E-state index in [-0.39, 0.29) is 0 Å². The number of nitrogens with zero attached hydrogens (tertiary/aromatic N) is 1. The molecule has 5 heteroatoms. The summed E-state index contributed by atoms with van der Waals surface area (Å²) in [5, 5.41) is 0. The van der Waals surface area contributed by atoms with Gasteiger partial charge in [0.15, 0.2) is 0 Å². The van der Waals surface area contributed by atoms with Crippen LogP contribution in [0.1, 0.15) is 23.5 Å². The SMILES string of the molecule is CCN(CC)C(=O)C(=O)c1ccc(Br)s1. The summed E-state index contributed by atoms with van der Waals surface area (Å²) in [6, 6.07) is 3.44. The van der Waals surface area contributed by atoms with E-state index >= 15 is 0 Å². The van der Waals surface area contributed by atoms with Crippen molar-refractivity contribution in [3.05, 3.63) is 20.8 Å². The number of likely N-dealkylation sites (N-methyl/N-ethyl adjacent to an activating group) is 1. The largest absolute Gasteiger partial charge is 0.336 e. The molecule has 3 nitrogen and oxygen atoms in total. The van der Waals surface area contributed by atoms with Crippen molar-refractivity contribution < 1.29 is 9.59 Å². The van der Waals surface area contributed by atoms with Crippen molar-refractivity contribution in [2.75, 3.05) is 13.1 Å². The van der Waals surface area contributed by atoms with Crippen molar-refractivity contribution in [3.8, 4) is 0 Å². The quantitative estimate of drug-likeness (QED) is 0.631. The second-order valence-corrected chi connectivity index (χ2v) is 5.37. The summed E-state index contributed by atoms with van der Waals surface area (Å²) >= 11 is 4.54. The van der Waals surface area contributed by atoms with E-state index in [0.29, 0.717) is 18.0 Å². The predicted molar refractivity (Wildman–Crippen MR) is 64.3 cm³/mol. The van der Waals surface area contributed by atoms with Crippen LogP contribution in [-0.4, -0.2) is 29.7 Å². The van der Waals surface area contributed by atoms with Gasteiger partial charge in [0.2, 0.25) is 0 Å². The fraction of sp³-hybridized carbons (Fsp3) is 0.400. The minimum Gasteiger partial charge on any atom is -0.336 e. The van der Waals surface area contributed by atoms with Crippen LogP contribution in [0.25, 0.3) is 0 Å². The molecule has 0 spiro atoms. The third-order valence-corrected chi connectivity index (χ3v) is 3.66. The Morgan fingerprint density at radius 2 is 1.93 bits per heavy atom. The number of carbonyl (C=O) groups is 2. The number of hydrogen-bond acceptors (Lipinski definition) is 3. The van der Waals surface area contributed by atoms with Gasteiger partial charge < -0.3 is 4.90 Å². The molecule has 0 aliphatic heterocycles. The Hall–Kier alpha value is -0.680. The van der Waals surface area contributed by atoms with Gasteiger partial charge in [0.25, 0.3) is 11.7 Å². The Kier molecular flexibility index (Phi) is 4.47. The molecule has 15 heavy (non-hydrogen) atoms. The lowest BCUT2D eigenvalue weighted by atomic mass is 10.3. The van der Waals surface area contributed by atoms with E-state index in [9.17, 15) is 9.59 Å². The van der Waals surface area contributed by atoms with Crippen molar-refractivity contribution >= 4 is 39.0 Å². The molecule has 0 N–H and O–H groups in total. The average Bonchev–Trinajstić information content (AvgIpc) is 2.65. The maximum Gasteiger partial charge on any atom is 0.295 e. The van der Waals surface area contributed by atoms with Crippen molar-refractivity contribution in [2.45, 2.75) is 13.8 Å². The lowest BCUT2D eigenvalue weighted by Gasteiger charge is -2.16. The number of amides is 1. The Balaban J connectivity index is 2.81. The molecule has 1 aromatic heterocycles. The van der Waals surface area contributed by atoms with Gasteiger partial charge in [-0.3, -0.25) is 9.59 Å².